The van der Waals surface area contributed by atoms with Gasteiger partial charge in [-0.05, 0) is 12.3 Å². The Morgan fingerprint density at radius 3 is 2.72 bits per heavy atom. The van der Waals surface area contributed by atoms with E-state index < -0.39 is 11.5 Å². The summed E-state index contributed by atoms with van der Waals surface area (Å²) in [6, 6.07) is 1.66. The second-order valence-electron chi connectivity index (χ2n) is 7.68. The van der Waals surface area contributed by atoms with E-state index in [0.717, 1.165) is 5.71 Å². The molecule has 0 fully saturated rings. The second kappa shape index (κ2) is 5.95. The van der Waals surface area contributed by atoms with E-state index in [0.29, 0.717) is 24.4 Å². The molecule has 6 heteroatoms. The van der Waals surface area contributed by atoms with E-state index in [9.17, 15) is 4.39 Å². The predicted octanol–water partition coefficient (Wildman–Crippen LogP) is 3.79. The lowest BCUT2D eigenvalue weighted by Crippen LogP contribution is -2.41. The second-order valence-corrected chi connectivity index (χ2v) is 7.68. The summed E-state index contributed by atoms with van der Waals surface area (Å²) in [7, 11) is 0. The van der Waals surface area contributed by atoms with E-state index >= 15 is 0 Å². The molecule has 134 valence electrons. The van der Waals surface area contributed by atoms with Crippen LogP contribution in [0.3, 0.4) is 0 Å². The Labute approximate surface area is 147 Å². The van der Waals surface area contributed by atoms with Crippen LogP contribution in [0.5, 0.6) is 11.6 Å². The first-order chi connectivity index (χ1) is 11.6. The number of aromatic nitrogens is 1. The number of ether oxygens (including phenoxy) is 3. The van der Waals surface area contributed by atoms with Gasteiger partial charge in [-0.3, -0.25) is 4.99 Å². The summed E-state index contributed by atoms with van der Waals surface area (Å²) >= 11 is 0. The van der Waals surface area contributed by atoms with Crippen LogP contribution in [0.1, 0.15) is 33.3 Å². The van der Waals surface area contributed by atoms with Gasteiger partial charge in [-0.25, -0.2) is 0 Å². The zero-order chi connectivity index (χ0) is 18.4. The van der Waals surface area contributed by atoms with Gasteiger partial charge < -0.3 is 14.2 Å². The van der Waals surface area contributed by atoms with Crippen molar-refractivity contribution in [3.8, 4) is 11.6 Å². The SMILES string of the molecule is C=C1Oc2c(cc(OCC(C)(C)C)nc2F)C2(COCC(C)=N2)C1=C. The summed E-state index contributed by atoms with van der Waals surface area (Å²) in [5, 5.41) is 0. The fourth-order valence-corrected chi connectivity index (χ4v) is 2.86. The van der Waals surface area contributed by atoms with Crippen molar-refractivity contribution in [2.45, 2.75) is 33.2 Å². The molecule has 0 amide bonds. The van der Waals surface area contributed by atoms with E-state index in [1.54, 1.807) is 6.07 Å². The van der Waals surface area contributed by atoms with Gasteiger partial charge in [-0.1, -0.05) is 33.9 Å². The van der Waals surface area contributed by atoms with Gasteiger partial charge in [0.2, 0.25) is 5.88 Å². The molecule has 3 heterocycles. The van der Waals surface area contributed by atoms with Gasteiger partial charge in [0, 0.05) is 22.9 Å². The number of pyridine rings is 1. The molecule has 0 N–H and O–H groups in total. The van der Waals surface area contributed by atoms with Gasteiger partial charge in [0.1, 0.15) is 11.3 Å². The van der Waals surface area contributed by atoms with Crippen LogP contribution in [-0.4, -0.2) is 30.5 Å². The quantitative estimate of drug-likeness (QED) is 0.765. The first-order valence-corrected chi connectivity index (χ1v) is 8.16. The minimum atomic E-state index is -0.962. The van der Waals surface area contributed by atoms with Crippen LogP contribution in [0.2, 0.25) is 0 Å². The van der Waals surface area contributed by atoms with Crippen molar-refractivity contribution in [1.82, 2.24) is 4.98 Å². The molecule has 1 aromatic heterocycles. The van der Waals surface area contributed by atoms with Gasteiger partial charge in [0.05, 0.1) is 19.8 Å². The Morgan fingerprint density at radius 1 is 1.36 bits per heavy atom. The highest BCUT2D eigenvalue weighted by Crippen LogP contribution is 2.49. The van der Waals surface area contributed by atoms with Crippen LogP contribution in [0.4, 0.5) is 4.39 Å². The molecular formula is C19H23FN2O3. The molecule has 0 aromatic carbocycles. The summed E-state index contributed by atoms with van der Waals surface area (Å²) in [5.41, 5.74) is 0.800. The van der Waals surface area contributed by atoms with Gasteiger partial charge in [-0.15, -0.1) is 0 Å². The van der Waals surface area contributed by atoms with Crippen molar-refractivity contribution >= 4 is 5.71 Å². The highest BCUT2D eigenvalue weighted by molar-refractivity contribution is 5.85. The van der Waals surface area contributed by atoms with Crippen molar-refractivity contribution < 1.29 is 18.6 Å². The van der Waals surface area contributed by atoms with Crippen LogP contribution in [-0.2, 0) is 10.3 Å². The van der Waals surface area contributed by atoms with Gasteiger partial charge in [-0.2, -0.15) is 9.37 Å². The zero-order valence-electron chi connectivity index (χ0n) is 15.1. The molecule has 1 spiro atoms. The molecule has 1 atom stereocenters. The number of rotatable bonds is 2. The average molecular weight is 346 g/mol. The van der Waals surface area contributed by atoms with Gasteiger partial charge in [0.25, 0.3) is 5.95 Å². The maximum atomic E-state index is 14.6. The van der Waals surface area contributed by atoms with Crippen molar-refractivity contribution in [2.75, 3.05) is 19.8 Å². The Balaban J connectivity index is 2.12. The lowest BCUT2D eigenvalue weighted by molar-refractivity contribution is 0.105. The van der Waals surface area contributed by atoms with Crippen molar-refractivity contribution in [3.63, 3.8) is 0 Å². The molecule has 0 radical (unpaired) electrons. The molecule has 1 unspecified atom stereocenters. The van der Waals surface area contributed by atoms with Crippen molar-refractivity contribution in [1.29, 1.82) is 0 Å². The molecule has 1 aromatic rings. The highest BCUT2D eigenvalue weighted by atomic mass is 19.1. The molecule has 5 nitrogen and oxygen atoms in total. The fraction of sp³-hybridized carbons (Fsp3) is 0.474. The normalized spacial score (nSPS) is 23.2. The highest BCUT2D eigenvalue weighted by Gasteiger charge is 2.46. The largest absolute Gasteiger partial charge is 0.477 e. The summed E-state index contributed by atoms with van der Waals surface area (Å²) in [6.07, 6.45) is 0. The van der Waals surface area contributed by atoms with E-state index in [4.69, 9.17) is 19.2 Å². The number of hydrogen-bond donors (Lipinski definition) is 0. The Bertz CT molecular complexity index is 780. The summed E-state index contributed by atoms with van der Waals surface area (Å²) in [4.78, 5) is 8.61. The smallest absolute Gasteiger partial charge is 0.259 e. The third kappa shape index (κ3) is 3.18. The summed E-state index contributed by atoms with van der Waals surface area (Å²) in [6.45, 7) is 16.9. The van der Waals surface area contributed by atoms with Crippen molar-refractivity contribution in [2.24, 2.45) is 10.4 Å². The minimum absolute atomic E-state index is 0.00237. The molecule has 25 heavy (non-hydrogen) atoms. The molecule has 0 saturated heterocycles. The zero-order valence-corrected chi connectivity index (χ0v) is 15.1. The molecule has 3 rings (SSSR count). The first kappa shape index (κ1) is 17.6. The maximum absolute atomic E-state index is 14.6. The number of fused-ring (bicyclic) bond motifs is 2. The monoisotopic (exact) mass is 346 g/mol. The van der Waals surface area contributed by atoms with Crippen LogP contribution < -0.4 is 9.47 Å². The number of aliphatic imine (C=N–C) groups is 1. The average Bonchev–Trinajstić information content (AvgIpc) is 2.52. The van der Waals surface area contributed by atoms with Crippen molar-refractivity contribution in [3.05, 3.63) is 42.1 Å². The molecule has 2 aliphatic heterocycles. The molecule has 0 bridgehead atoms. The summed E-state index contributed by atoms with van der Waals surface area (Å²) in [5.74, 6) is -0.304. The predicted molar refractivity (Wildman–Crippen MR) is 93.7 cm³/mol. The molecule has 0 aliphatic carbocycles. The van der Waals surface area contributed by atoms with E-state index in [1.807, 2.05) is 27.7 Å². The molecular weight excluding hydrogens is 323 g/mol. The number of hydrogen-bond acceptors (Lipinski definition) is 5. The lowest BCUT2D eigenvalue weighted by Gasteiger charge is -2.40. The van der Waals surface area contributed by atoms with Gasteiger partial charge >= 0.3 is 0 Å². The van der Waals surface area contributed by atoms with Crippen LogP contribution in [0, 0.1) is 11.4 Å². The van der Waals surface area contributed by atoms with E-state index in [1.165, 1.54) is 0 Å². The van der Waals surface area contributed by atoms with Crippen LogP contribution in [0.15, 0.2) is 35.5 Å². The standard InChI is InChI=1S/C19H23FN2O3/c1-11-8-23-10-19(22-11)12(2)13(3)25-16-14(19)7-15(21-17(16)20)24-9-18(4,5)6/h7H,2-3,8-10H2,1,4-6H3. The van der Waals surface area contributed by atoms with Gasteiger partial charge in [0.15, 0.2) is 5.75 Å². The van der Waals surface area contributed by atoms with E-state index in [-0.39, 0.29) is 29.4 Å². The Hall–Kier alpha value is -2.21. The minimum Gasteiger partial charge on any atom is -0.477 e. The molecule has 2 aliphatic rings. The first-order valence-electron chi connectivity index (χ1n) is 8.16. The number of halogens is 1. The Morgan fingerprint density at radius 2 is 2.08 bits per heavy atom. The third-order valence-corrected chi connectivity index (χ3v) is 4.07. The molecule has 0 saturated carbocycles. The third-order valence-electron chi connectivity index (χ3n) is 4.07. The van der Waals surface area contributed by atoms with E-state index in [2.05, 4.69) is 18.1 Å². The Kier molecular flexibility index (Phi) is 4.19. The van der Waals surface area contributed by atoms with Crippen LogP contribution in [0.25, 0.3) is 0 Å². The maximum Gasteiger partial charge on any atom is 0.259 e. The topological polar surface area (TPSA) is 52.9 Å². The summed E-state index contributed by atoms with van der Waals surface area (Å²) < 4.78 is 31.5. The lowest BCUT2D eigenvalue weighted by atomic mass is 9.81. The fourth-order valence-electron chi connectivity index (χ4n) is 2.86. The van der Waals surface area contributed by atoms with Crippen LogP contribution >= 0.6 is 0 Å². The number of nitrogens with zero attached hydrogens (tertiary/aromatic N) is 2.